The van der Waals surface area contributed by atoms with Crippen molar-refractivity contribution in [3.63, 3.8) is 0 Å². The fourth-order valence-corrected chi connectivity index (χ4v) is 2.63. The molecule has 3 aromatic rings. The number of aromatic nitrogens is 3. The lowest BCUT2D eigenvalue weighted by Gasteiger charge is -2.06. The van der Waals surface area contributed by atoms with E-state index in [2.05, 4.69) is 15.4 Å². The summed E-state index contributed by atoms with van der Waals surface area (Å²) in [5.41, 5.74) is 1.56. The molecule has 118 valence electrons. The zero-order chi connectivity index (χ0) is 16.0. The average molecular weight is 316 g/mol. The summed E-state index contributed by atoms with van der Waals surface area (Å²) in [5.74, 6) is -2.62. The summed E-state index contributed by atoms with van der Waals surface area (Å²) in [6.07, 6.45) is 4.70. The standard InChI is InChI=1S/C16H14F2N4O/c17-16(18)6-14(16)22-9-10(8-21-22)7-20-12-1-2-13-11(5-12)3-4-19-15(13)23/h1-5,8-9,14,20H,6-7H2,(H,19,23). The van der Waals surface area contributed by atoms with E-state index >= 15 is 0 Å². The molecule has 1 aliphatic carbocycles. The number of hydrogen-bond acceptors (Lipinski definition) is 3. The van der Waals surface area contributed by atoms with Crippen molar-refractivity contribution in [1.29, 1.82) is 0 Å². The minimum atomic E-state index is -2.62. The summed E-state index contributed by atoms with van der Waals surface area (Å²) in [7, 11) is 0. The first-order chi connectivity index (χ1) is 11.0. The first-order valence-electron chi connectivity index (χ1n) is 7.29. The second-order valence-corrected chi connectivity index (χ2v) is 5.77. The average Bonchev–Trinajstić information content (AvgIpc) is 2.96. The highest BCUT2D eigenvalue weighted by Gasteiger charge is 2.59. The van der Waals surface area contributed by atoms with Crippen molar-refractivity contribution in [2.45, 2.75) is 24.9 Å². The maximum absolute atomic E-state index is 13.0. The second kappa shape index (κ2) is 4.91. The Morgan fingerprint density at radius 2 is 2.22 bits per heavy atom. The third kappa shape index (κ3) is 2.58. The van der Waals surface area contributed by atoms with Gasteiger partial charge in [-0.3, -0.25) is 9.48 Å². The van der Waals surface area contributed by atoms with Crippen molar-refractivity contribution in [3.05, 3.63) is 58.8 Å². The summed E-state index contributed by atoms with van der Waals surface area (Å²) in [4.78, 5) is 14.3. The van der Waals surface area contributed by atoms with Gasteiger partial charge in [0.05, 0.1) is 6.20 Å². The molecule has 2 heterocycles. The molecule has 0 saturated heterocycles. The molecule has 1 aliphatic rings. The number of fused-ring (bicyclic) bond motifs is 1. The number of benzene rings is 1. The van der Waals surface area contributed by atoms with Crippen molar-refractivity contribution in [3.8, 4) is 0 Å². The van der Waals surface area contributed by atoms with Crippen LogP contribution in [0.15, 0.2) is 47.7 Å². The lowest BCUT2D eigenvalue weighted by Crippen LogP contribution is -2.05. The molecule has 0 amide bonds. The van der Waals surface area contributed by atoms with Gasteiger partial charge in [-0.25, -0.2) is 8.78 Å². The number of H-pyrrole nitrogens is 1. The van der Waals surface area contributed by atoms with E-state index in [0.717, 1.165) is 16.6 Å². The minimum absolute atomic E-state index is 0.124. The number of halogens is 2. The van der Waals surface area contributed by atoms with Crippen LogP contribution in [0, 0.1) is 0 Å². The quantitative estimate of drug-likeness (QED) is 0.778. The van der Waals surface area contributed by atoms with Gasteiger partial charge in [-0.2, -0.15) is 5.10 Å². The van der Waals surface area contributed by atoms with Crippen molar-refractivity contribution in [2.24, 2.45) is 0 Å². The Labute approximate surface area is 129 Å². The third-order valence-corrected chi connectivity index (χ3v) is 4.04. The number of aromatic amines is 1. The van der Waals surface area contributed by atoms with Crippen LogP contribution in [0.4, 0.5) is 14.5 Å². The Balaban J connectivity index is 1.48. The van der Waals surface area contributed by atoms with Gasteiger partial charge in [-0.15, -0.1) is 0 Å². The normalized spacial score (nSPS) is 19.0. The highest BCUT2D eigenvalue weighted by molar-refractivity contribution is 5.84. The van der Waals surface area contributed by atoms with Crippen LogP contribution in [-0.4, -0.2) is 20.7 Å². The molecule has 0 bridgehead atoms. The summed E-state index contributed by atoms with van der Waals surface area (Å²) < 4.78 is 27.4. The predicted molar refractivity (Wildman–Crippen MR) is 82.7 cm³/mol. The SMILES string of the molecule is O=c1[nH]ccc2cc(NCc3cnn(C4CC4(F)F)c3)ccc12. The van der Waals surface area contributed by atoms with Crippen molar-refractivity contribution < 1.29 is 8.78 Å². The van der Waals surface area contributed by atoms with Crippen LogP contribution in [0.25, 0.3) is 10.8 Å². The van der Waals surface area contributed by atoms with Gasteiger partial charge in [0.2, 0.25) is 0 Å². The minimum Gasteiger partial charge on any atom is -0.381 e. The van der Waals surface area contributed by atoms with E-state index in [-0.39, 0.29) is 12.0 Å². The van der Waals surface area contributed by atoms with Gasteiger partial charge in [-0.1, -0.05) is 0 Å². The smallest absolute Gasteiger partial charge is 0.272 e. The van der Waals surface area contributed by atoms with E-state index in [0.29, 0.717) is 11.9 Å². The van der Waals surface area contributed by atoms with E-state index in [1.807, 2.05) is 18.2 Å². The third-order valence-electron chi connectivity index (χ3n) is 4.04. The summed E-state index contributed by atoms with van der Waals surface area (Å²) >= 11 is 0. The second-order valence-electron chi connectivity index (χ2n) is 5.77. The molecule has 1 saturated carbocycles. The first kappa shape index (κ1) is 13.9. The lowest BCUT2D eigenvalue weighted by molar-refractivity contribution is 0.0983. The van der Waals surface area contributed by atoms with Gasteiger partial charge in [0.25, 0.3) is 11.5 Å². The van der Waals surface area contributed by atoms with E-state index in [4.69, 9.17) is 0 Å². The van der Waals surface area contributed by atoms with Gasteiger partial charge >= 0.3 is 0 Å². The van der Waals surface area contributed by atoms with Crippen LogP contribution in [0.5, 0.6) is 0 Å². The summed E-state index contributed by atoms with van der Waals surface area (Å²) in [6, 6.07) is 6.48. The van der Waals surface area contributed by atoms with Gasteiger partial charge in [0.15, 0.2) is 0 Å². The number of pyridine rings is 1. The number of nitrogens with zero attached hydrogens (tertiary/aromatic N) is 2. The Morgan fingerprint density at radius 3 is 3.00 bits per heavy atom. The molecule has 1 unspecified atom stereocenters. The maximum Gasteiger partial charge on any atom is 0.272 e. The molecule has 1 atom stereocenters. The van der Waals surface area contributed by atoms with Gasteiger partial charge in [0, 0.05) is 42.0 Å². The topological polar surface area (TPSA) is 62.7 Å². The Hall–Kier alpha value is -2.70. The van der Waals surface area contributed by atoms with Gasteiger partial charge in [-0.05, 0) is 29.7 Å². The van der Waals surface area contributed by atoms with E-state index < -0.39 is 12.0 Å². The highest BCUT2D eigenvalue weighted by atomic mass is 19.3. The van der Waals surface area contributed by atoms with Crippen molar-refractivity contribution >= 4 is 16.5 Å². The Bertz CT molecular complexity index is 931. The molecule has 0 spiro atoms. The number of rotatable bonds is 4. The molecule has 1 fully saturated rings. The molecule has 4 rings (SSSR count). The molecular formula is C16H14F2N4O. The summed E-state index contributed by atoms with van der Waals surface area (Å²) in [6.45, 7) is 0.479. The van der Waals surface area contributed by atoms with E-state index in [1.165, 1.54) is 4.68 Å². The molecule has 23 heavy (non-hydrogen) atoms. The van der Waals surface area contributed by atoms with Crippen LogP contribution in [0.2, 0.25) is 0 Å². The Kier molecular flexibility index (Phi) is 2.97. The fraction of sp³-hybridized carbons (Fsp3) is 0.250. The summed E-state index contributed by atoms with van der Waals surface area (Å²) in [5, 5.41) is 8.68. The van der Waals surface area contributed by atoms with Crippen LogP contribution in [0.1, 0.15) is 18.0 Å². The number of hydrogen-bond donors (Lipinski definition) is 2. The van der Waals surface area contributed by atoms with Crippen LogP contribution < -0.4 is 10.9 Å². The zero-order valence-electron chi connectivity index (χ0n) is 12.1. The van der Waals surface area contributed by atoms with E-state index in [9.17, 15) is 13.6 Å². The molecule has 2 aromatic heterocycles. The molecule has 2 N–H and O–H groups in total. The van der Waals surface area contributed by atoms with Crippen molar-refractivity contribution in [1.82, 2.24) is 14.8 Å². The largest absolute Gasteiger partial charge is 0.381 e. The lowest BCUT2D eigenvalue weighted by atomic mass is 10.1. The molecule has 7 heteroatoms. The number of nitrogens with one attached hydrogen (secondary N) is 2. The molecule has 1 aromatic carbocycles. The molecular weight excluding hydrogens is 302 g/mol. The monoisotopic (exact) mass is 316 g/mol. The van der Waals surface area contributed by atoms with Crippen LogP contribution in [0.3, 0.4) is 0 Å². The van der Waals surface area contributed by atoms with E-state index in [1.54, 1.807) is 24.7 Å². The zero-order valence-corrected chi connectivity index (χ0v) is 12.1. The van der Waals surface area contributed by atoms with Crippen LogP contribution in [-0.2, 0) is 6.54 Å². The van der Waals surface area contributed by atoms with Crippen molar-refractivity contribution in [2.75, 3.05) is 5.32 Å². The van der Waals surface area contributed by atoms with Gasteiger partial charge < -0.3 is 10.3 Å². The van der Waals surface area contributed by atoms with Crippen LogP contribution >= 0.6 is 0 Å². The maximum atomic E-state index is 13.0. The molecule has 0 aliphatic heterocycles. The fourth-order valence-electron chi connectivity index (χ4n) is 2.63. The molecule has 5 nitrogen and oxygen atoms in total. The number of anilines is 1. The highest BCUT2D eigenvalue weighted by Crippen LogP contribution is 2.52. The first-order valence-corrected chi connectivity index (χ1v) is 7.29. The molecule has 0 radical (unpaired) electrons. The number of alkyl halides is 2. The Morgan fingerprint density at radius 1 is 1.39 bits per heavy atom. The van der Waals surface area contributed by atoms with Gasteiger partial charge in [0.1, 0.15) is 6.04 Å². The predicted octanol–water partition coefficient (Wildman–Crippen LogP) is 2.92.